The standard InChI is InChI=1S/C14H20ClNO5/c1-3-20-12-5-9(10(15)6-13(12)21-4-2)11(16)7-19-8-14(17)18/h5-6,11H,3-4,7-8,16H2,1-2H3,(H,17,18). The van der Waals surface area contributed by atoms with Crippen LogP contribution < -0.4 is 15.2 Å². The van der Waals surface area contributed by atoms with Crippen molar-refractivity contribution in [3.05, 3.63) is 22.7 Å². The number of ether oxygens (including phenoxy) is 3. The SMILES string of the molecule is CCOc1cc(Cl)c(C(N)COCC(=O)O)cc1OCC. The minimum absolute atomic E-state index is 0.0472. The highest BCUT2D eigenvalue weighted by atomic mass is 35.5. The summed E-state index contributed by atoms with van der Waals surface area (Å²) in [6.07, 6.45) is 0. The molecule has 0 aliphatic heterocycles. The molecular formula is C14H20ClNO5. The highest BCUT2D eigenvalue weighted by molar-refractivity contribution is 6.31. The molecule has 1 aromatic rings. The predicted octanol–water partition coefficient (Wildman–Crippen LogP) is 2.24. The molecule has 1 rings (SSSR count). The maximum Gasteiger partial charge on any atom is 0.329 e. The van der Waals surface area contributed by atoms with Crippen molar-refractivity contribution in [2.75, 3.05) is 26.4 Å². The Hall–Kier alpha value is -1.50. The first-order valence-corrected chi connectivity index (χ1v) is 7.01. The van der Waals surface area contributed by atoms with Gasteiger partial charge in [0.2, 0.25) is 0 Å². The number of aliphatic carboxylic acids is 1. The normalized spacial score (nSPS) is 12.0. The molecule has 0 spiro atoms. The highest BCUT2D eigenvalue weighted by Gasteiger charge is 2.16. The number of halogens is 1. The van der Waals surface area contributed by atoms with Gasteiger partial charge in [-0.05, 0) is 25.5 Å². The van der Waals surface area contributed by atoms with E-state index in [1.54, 1.807) is 12.1 Å². The van der Waals surface area contributed by atoms with Crippen LogP contribution in [0, 0.1) is 0 Å². The Morgan fingerprint density at radius 2 is 1.86 bits per heavy atom. The van der Waals surface area contributed by atoms with Gasteiger partial charge in [-0.2, -0.15) is 0 Å². The lowest BCUT2D eigenvalue weighted by atomic mass is 10.1. The van der Waals surface area contributed by atoms with Crippen LogP contribution in [0.2, 0.25) is 5.02 Å². The number of rotatable bonds is 9. The Morgan fingerprint density at radius 1 is 1.29 bits per heavy atom. The molecule has 0 saturated carbocycles. The van der Waals surface area contributed by atoms with Gasteiger partial charge < -0.3 is 25.1 Å². The van der Waals surface area contributed by atoms with Gasteiger partial charge in [0.25, 0.3) is 0 Å². The lowest BCUT2D eigenvalue weighted by Crippen LogP contribution is -2.20. The maximum atomic E-state index is 10.4. The van der Waals surface area contributed by atoms with Gasteiger partial charge >= 0.3 is 5.97 Å². The third-order valence-corrected chi connectivity index (χ3v) is 2.91. The van der Waals surface area contributed by atoms with E-state index >= 15 is 0 Å². The molecule has 0 amide bonds. The van der Waals surface area contributed by atoms with Crippen LogP contribution in [0.1, 0.15) is 25.5 Å². The fourth-order valence-corrected chi connectivity index (χ4v) is 2.03. The summed E-state index contributed by atoms with van der Waals surface area (Å²) in [6.45, 7) is 4.34. The Kier molecular flexibility index (Phi) is 7.28. The van der Waals surface area contributed by atoms with Crippen LogP contribution in [0.5, 0.6) is 11.5 Å². The van der Waals surface area contributed by atoms with Gasteiger partial charge in [-0.3, -0.25) is 0 Å². The van der Waals surface area contributed by atoms with E-state index in [0.717, 1.165) is 0 Å². The summed E-state index contributed by atoms with van der Waals surface area (Å²) >= 11 is 6.19. The Bertz CT molecular complexity index is 481. The number of carboxylic acid groups (broad SMARTS) is 1. The van der Waals surface area contributed by atoms with Gasteiger partial charge in [0, 0.05) is 11.1 Å². The molecule has 0 saturated heterocycles. The molecule has 0 aliphatic carbocycles. The lowest BCUT2D eigenvalue weighted by molar-refractivity contribution is -0.142. The van der Waals surface area contributed by atoms with Crippen molar-refractivity contribution in [1.29, 1.82) is 0 Å². The van der Waals surface area contributed by atoms with Crippen LogP contribution in [0.4, 0.5) is 0 Å². The zero-order chi connectivity index (χ0) is 15.8. The number of hydrogen-bond donors (Lipinski definition) is 2. The first kappa shape index (κ1) is 17.6. The van der Waals surface area contributed by atoms with Crippen LogP contribution >= 0.6 is 11.6 Å². The minimum atomic E-state index is -1.05. The van der Waals surface area contributed by atoms with Crippen molar-refractivity contribution >= 4 is 17.6 Å². The van der Waals surface area contributed by atoms with E-state index in [1.165, 1.54) is 0 Å². The van der Waals surface area contributed by atoms with Crippen molar-refractivity contribution in [2.24, 2.45) is 5.73 Å². The molecule has 118 valence electrons. The van der Waals surface area contributed by atoms with Crippen LogP contribution in [0.15, 0.2) is 12.1 Å². The topological polar surface area (TPSA) is 91.0 Å². The number of benzene rings is 1. The van der Waals surface area contributed by atoms with E-state index in [4.69, 9.17) is 36.7 Å². The van der Waals surface area contributed by atoms with Gasteiger partial charge in [-0.1, -0.05) is 11.6 Å². The van der Waals surface area contributed by atoms with Crippen molar-refractivity contribution in [3.63, 3.8) is 0 Å². The molecule has 1 atom stereocenters. The Morgan fingerprint density at radius 3 is 2.38 bits per heavy atom. The van der Waals surface area contributed by atoms with E-state index < -0.39 is 18.6 Å². The quantitative estimate of drug-likeness (QED) is 0.726. The second kappa shape index (κ2) is 8.71. The van der Waals surface area contributed by atoms with Crippen molar-refractivity contribution in [3.8, 4) is 11.5 Å². The second-order valence-electron chi connectivity index (χ2n) is 4.20. The summed E-state index contributed by atoms with van der Waals surface area (Å²) in [7, 11) is 0. The summed E-state index contributed by atoms with van der Waals surface area (Å²) in [5, 5.41) is 8.96. The summed E-state index contributed by atoms with van der Waals surface area (Å²) in [6, 6.07) is 2.79. The average molecular weight is 318 g/mol. The van der Waals surface area contributed by atoms with Crippen LogP contribution in [-0.2, 0) is 9.53 Å². The molecular weight excluding hydrogens is 298 g/mol. The molecule has 1 unspecified atom stereocenters. The molecule has 1 aromatic carbocycles. The third-order valence-electron chi connectivity index (χ3n) is 2.59. The van der Waals surface area contributed by atoms with E-state index in [0.29, 0.717) is 35.3 Å². The van der Waals surface area contributed by atoms with Crippen molar-refractivity contribution in [1.82, 2.24) is 0 Å². The van der Waals surface area contributed by atoms with Gasteiger partial charge in [0.05, 0.1) is 25.9 Å². The minimum Gasteiger partial charge on any atom is -0.490 e. The molecule has 0 bridgehead atoms. The van der Waals surface area contributed by atoms with Crippen molar-refractivity contribution in [2.45, 2.75) is 19.9 Å². The first-order chi connectivity index (χ1) is 9.99. The number of carbonyl (C=O) groups is 1. The first-order valence-electron chi connectivity index (χ1n) is 6.63. The number of hydrogen-bond acceptors (Lipinski definition) is 5. The van der Waals surface area contributed by atoms with Crippen LogP contribution in [0.25, 0.3) is 0 Å². The van der Waals surface area contributed by atoms with Gasteiger partial charge in [-0.25, -0.2) is 4.79 Å². The Labute approximate surface area is 128 Å². The zero-order valence-corrected chi connectivity index (χ0v) is 12.9. The molecule has 0 aromatic heterocycles. The van der Waals surface area contributed by atoms with E-state index in [9.17, 15) is 4.79 Å². The molecule has 7 heteroatoms. The maximum absolute atomic E-state index is 10.4. The third kappa shape index (κ3) is 5.41. The fourth-order valence-electron chi connectivity index (χ4n) is 1.73. The summed E-state index contributed by atoms with van der Waals surface area (Å²) in [5.41, 5.74) is 6.59. The predicted molar refractivity (Wildman–Crippen MR) is 79.2 cm³/mol. The van der Waals surface area contributed by atoms with E-state index in [2.05, 4.69) is 0 Å². The number of carboxylic acids is 1. The molecule has 0 fully saturated rings. The van der Waals surface area contributed by atoms with E-state index in [-0.39, 0.29) is 6.61 Å². The molecule has 3 N–H and O–H groups in total. The van der Waals surface area contributed by atoms with Gasteiger partial charge in [-0.15, -0.1) is 0 Å². The monoisotopic (exact) mass is 317 g/mol. The smallest absolute Gasteiger partial charge is 0.329 e. The molecule has 0 aliphatic rings. The summed E-state index contributed by atoms with van der Waals surface area (Å²) < 4.78 is 16.0. The van der Waals surface area contributed by atoms with Gasteiger partial charge in [0.15, 0.2) is 11.5 Å². The zero-order valence-electron chi connectivity index (χ0n) is 12.1. The average Bonchev–Trinajstić information content (AvgIpc) is 2.41. The molecule has 0 heterocycles. The summed E-state index contributed by atoms with van der Waals surface area (Å²) in [4.78, 5) is 10.4. The molecule has 6 nitrogen and oxygen atoms in total. The lowest BCUT2D eigenvalue weighted by Gasteiger charge is -2.18. The fraction of sp³-hybridized carbons (Fsp3) is 0.500. The van der Waals surface area contributed by atoms with Crippen LogP contribution in [0.3, 0.4) is 0 Å². The molecule has 21 heavy (non-hydrogen) atoms. The Balaban J connectivity index is 2.90. The van der Waals surface area contributed by atoms with Crippen molar-refractivity contribution < 1.29 is 24.1 Å². The number of nitrogens with two attached hydrogens (primary N) is 1. The van der Waals surface area contributed by atoms with E-state index in [1.807, 2.05) is 13.8 Å². The van der Waals surface area contributed by atoms with Gasteiger partial charge in [0.1, 0.15) is 6.61 Å². The summed E-state index contributed by atoms with van der Waals surface area (Å²) in [5.74, 6) is 0.0502. The van der Waals surface area contributed by atoms with Crippen LogP contribution in [-0.4, -0.2) is 37.5 Å². The molecule has 0 radical (unpaired) electrons. The highest BCUT2D eigenvalue weighted by Crippen LogP contribution is 2.35. The second-order valence-corrected chi connectivity index (χ2v) is 4.61. The largest absolute Gasteiger partial charge is 0.490 e.